The Bertz CT molecular complexity index is 664. The minimum atomic E-state index is -0.270. The van der Waals surface area contributed by atoms with Gasteiger partial charge in [-0.3, -0.25) is 4.99 Å². The van der Waals surface area contributed by atoms with Gasteiger partial charge in [0.1, 0.15) is 0 Å². The third-order valence-electron chi connectivity index (χ3n) is 3.83. The summed E-state index contributed by atoms with van der Waals surface area (Å²) < 4.78 is 13.8. The van der Waals surface area contributed by atoms with Crippen molar-refractivity contribution in [3.8, 4) is 0 Å². The molecule has 5 nitrogen and oxygen atoms in total. The standard InChI is InChI=1S/C16H20FN5S.HI/c1-18-16(20-9-12-5-8-23-11-12)21-13-4-7-22(10-13)15-14(17)3-2-6-19-15;/h2-3,5-6,8,11,13H,4,7,9-10H2,1H3,(H2,18,20,21);1H. The van der Waals surface area contributed by atoms with E-state index in [1.54, 1.807) is 30.6 Å². The molecule has 3 rings (SSSR count). The number of hydrogen-bond donors (Lipinski definition) is 2. The SMILES string of the molecule is CN=C(NCc1ccsc1)NC1CCN(c2ncccc2F)C1.I. The second kappa shape index (κ2) is 9.16. The Morgan fingerprint density at radius 2 is 2.38 bits per heavy atom. The topological polar surface area (TPSA) is 52.6 Å². The number of anilines is 1. The Labute approximate surface area is 162 Å². The van der Waals surface area contributed by atoms with Gasteiger partial charge in [0, 0.05) is 38.9 Å². The number of hydrogen-bond acceptors (Lipinski definition) is 4. The molecular weight excluding hydrogens is 440 g/mol. The summed E-state index contributed by atoms with van der Waals surface area (Å²) in [6.07, 6.45) is 2.55. The van der Waals surface area contributed by atoms with Crippen LogP contribution in [0.5, 0.6) is 0 Å². The van der Waals surface area contributed by atoms with Crippen LogP contribution in [0, 0.1) is 5.82 Å². The maximum absolute atomic E-state index is 13.8. The lowest BCUT2D eigenvalue weighted by molar-refractivity contribution is 0.612. The van der Waals surface area contributed by atoms with Crippen LogP contribution >= 0.6 is 35.3 Å². The monoisotopic (exact) mass is 461 g/mol. The van der Waals surface area contributed by atoms with Crippen LogP contribution in [0.3, 0.4) is 0 Å². The number of nitrogens with zero attached hydrogens (tertiary/aromatic N) is 3. The van der Waals surface area contributed by atoms with Gasteiger partial charge in [-0.05, 0) is 40.9 Å². The van der Waals surface area contributed by atoms with E-state index in [-0.39, 0.29) is 35.8 Å². The van der Waals surface area contributed by atoms with Crippen molar-refractivity contribution in [2.75, 3.05) is 25.0 Å². The highest BCUT2D eigenvalue weighted by Gasteiger charge is 2.25. The number of pyridine rings is 1. The quantitative estimate of drug-likeness (QED) is 0.418. The molecule has 1 fully saturated rings. The van der Waals surface area contributed by atoms with Gasteiger partial charge in [0.15, 0.2) is 17.6 Å². The van der Waals surface area contributed by atoms with Gasteiger partial charge in [0.25, 0.3) is 0 Å². The highest BCUT2D eigenvalue weighted by molar-refractivity contribution is 14.0. The molecule has 24 heavy (non-hydrogen) atoms. The summed E-state index contributed by atoms with van der Waals surface area (Å²) >= 11 is 1.68. The normalized spacial score (nSPS) is 17.5. The smallest absolute Gasteiger partial charge is 0.191 e. The molecule has 0 saturated carbocycles. The van der Waals surface area contributed by atoms with Crippen molar-refractivity contribution in [2.24, 2.45) is 4.99 Å². The van der Waals surface area contributed by atoms with Crippen LogP contribution < -0.4 is 15.5 Å². The van der Waals surface area contributed by atoms with Crippen molar-refractivity contribution in [3.63, 3.8) is 0 Å². The van der Waals surface area contributed by atoms with Gasteiger partial charge < -0.3 is 15.5 Å². The molecule has 8 heteroatoms. The molecule has 1 aliphatic rings. The van der Waals surface area contributed by atoms with Crippen molar-refractivity contribution >= 4 is 47.1 Å². The van der Waals surface area contributed by atoms with Crippen molar-refractivity contribution in [1.82, 2.24) is 15.6 Å². The third kappa shape index (κ3) is 4.79. The Balaban J connectivity index is 0.00000208. The van der Waals surface area contributed by atoms with Crippen molar-refractivity contribution in [2.45, 2.75) is 19.0 Å². The number of halogens is 2. The largest absolute Gasteiger partial charge is 0.352 e. The van der Waals surface area contributed by atoms with Crippen molar-refractivity contribution in [3.05, 3.63) is 46.5 Å². The van der Waals surface area contributed by atoms with E-state index in [9.17, 15) is 4.39 Å². The fourth-order valence-corrected chi connectivity index (χ4v) is 3.32. The van der Waals surface area contributed by atoms with E-state index in [1.807, 2.05) is 4.90 Å². The van der Waals surface area contributed by atoms with Crippen LogP contribution in [0.4, 0.5) is 10.2 Å². The zero-order valence-corrected chi connectivity index (χ0v) is 16.6. The van der Waals surface area contributed by atoms with E-state index in [0.29, 0.717) is 12.4 Å². The molecular formula is C16H21FIN5S. The summed E-state index contributed by atoms with van der Waals surface area (Å²) in [7, 11) is 1.76. The average Bonchev–Trinajstić information content (AvgIpc) is 3.23. The van der Waals surface area contributed by atoms with Crippen LogP contribution in [0.1, 0.15) is 12.0 Å². The molecule has 0 aliphatic carbocycles. The van der Waals surface area contributed by atoms with Gasteiger partial charge >= 0.3 is 0 Å². The molecule has 0 radical (unpaired) electrons. The molecule has 130 valence electrons. The van der Waals surface area contributed by atoms with Gasteiger partial charge in [0.2, 0.25) is 0 Å². The molecule has 0 amide bonds. The van der Waals surface area contributed by atoms with E-state index in [1.165, 1.54) is 11.6 Å². The van der Waals surface area contributed by atoms with Crippen LogP contribution in [-0.4, -0.2) is 37.1 Å². The summed E-state index contributed by atoms with van der Waals surface area (Å²) in [5, 5.41) is 10.9. The first-order valence-electron chi connectivity index (χ1n) is 7.60. The summed E-state index contributed by atoms with van der Waals surface area (Å²) in [6.45, 7) is 2.24. The Morgan fingerprint density at radius 1 is 1.50 bits per heavy atom. The minimum Gasteiger partial charge on any atom is -0.352 e. The maximum Gasteiger partial charge on any atom is 0.191 e. The van der Waals surface area contributed by atoms with Gasteiger partial charge in [-0.2, -0.15) is 11.3 Å². The van der Waals surface area contributed by atoms with Crippen molar-refractivity contribution < 1.29 is 4.39 Å². The molecule has 1 unspecified atom stereocenters. The third-order valence-corrected chi connectivity index (χ3v) is 4.56. The minimum absolute atomic E-state index is 0. The van der Waals surface area contributed by atoms with Crippen LogP contribution in [0.15, 0.2) is 40.1 Å². The lowest BCUT2D eigenvalue weighted by Crippen LogP contribution is -2.44. The van der Waals surface area contributed by atoms with Crippen LogP contribution in [0.25, 0.3) is 0 Å². The second-order valence-electron chi connectivity index (χ2n) is 5.44. The molecule has 2 N–H and O–H groups in total. The predicted octanol–water partition coefficient (Wildman–Crippen LogP) is 2.84. The van der Waals surface area contributed by atoms with Gasteiger partial charge in [-0.15, -0.1) is 24.0 Å². The molecule has 2 aromatic rings. The first-order valence-corrected chi connectivity index (χ1v) is 8.54. The maximum atomic E-state index is 13.8. The molecule has 1 saturated heterocycles. The number of thiophene rings is 1. The van der Waals surface area contributed by atoms with Crippen LogP contribution in [-0.2, 0) is 6.54 Å². The predicted molar refractivity (Wildman–Crippen MR) is 108 cm³/mol. The Hall–Kier alpha value is -1.42. The Morgan fingerprint density at radius 3 is 3.08 bits per heavy atom. The summed E-state index contributed by atoms with van der Waals surface area (Å²) in [4.78, 5) is 10.4. The number of nitrogens with one attached hydrogen (secondary N) is 2. The summed E-state index contributed by atoms with van der Waals surface area (Å²) in [6, 6.07) is 5.38. The van der Waals surface area contributed by atoms with Crippen molar-refractivity contribution in [1.29, 1.82) is 0 Å². The number of rotatable bonds is 4. The lowest BCUT2D eigenvalue weighted by Gasteiger charge is -2.19. The highest BCUT2D eigenvalue weighted by atomic mass is 127. The van der Waals surface area contributed by atoms with E-state index < -0.39 is 0 Å². The first kappa shape index (κ1) is 18.9. The van der Waals surface area contributed by atoms with Crippen LogP contribution in [0.2, 0.25) is 0 Å². The molecule has 0 spiro atoms. The lowest BCUT2D eigenvalue weighted by atomic mass is 10.3. The molecule has 3 heterocycles. The van der Waals surface area contributed by atoms with E-state index >= 15 is 0 Å². The average molecular weight is 461 g/mol. The highest BCUT2D eigenvalue weighted by Crippen LogP contribution is 2.20. The fourth-order valence-electron chi connectivity index (χ4n) is 2.65. The molecule has 1 atom stereocenters. The molecule has 1 aliphatic heterocycles. The zero-order valence-electron chi connectivity index (χ0n) is 13.4. The first-order chi connectivity index (χ1) is 11.3. The van der Waals surface area contributed by atoms with E-state index in [4.69, 9.17) is 0 Å². The second-order valence-corrected chi connectivity index (χ2v) is 6.22. The fraction of sp³-hybridized carbons (Fsp3) is 0.375. The number of guanidine groups is 1. The van der Waals surface area contributed by atoms with Gasteiger partial charge in [0.05, 0.1) is 0 Å². The summed E-state index contributed by atoms with van der Waals surface area (Å²) in [5.41, 5.74) is 1.24. The number of aliphatic imine (C=N–C) groups is 1. The Kier molecular flexibility index (Phi) is 7.22. The molecule has 0 bridgehead atoms. The zero-order chi connectivity index (χ0) is 16.1. The van der Waals surface area contributed by atoms with E-state index in [0.717, 1.165) is 25.5 Å². The molecule has 0 aromatic carbocycles. The van der Waals surface area contributed by atoms with Gasteiger partial charge in [-0.25, -0.2) is 9.37 Å². The van der Waals surface area contributed by atoms with E-state index in [2.05, 4.69) is 37.4 Å². The summed E-state index contributed by atoms with van der Waals surface area (Å²) in [5.74, 6) is 0.927. The molecule has 2 aromatic heterocycles. The number of aromatic nitrogens is 1. The van der Waals surface area contributed by atoms with Gasteiger partial charge in [-0.1, -0.05) is 0 Å².